The first-order valence-electron chi connectivity index (χ1n) is 6.28. The summed E-state index contributed by atoms with van der Waals surface area (Å²) >= 11 is 0. The molecule has 4 nitrogen and oxygen atoms in total. The van der Waals surface area contributed by atoms with Crippen molar-refractivity contribution in [2.45, 2.75) is 20.4 Å². The molecule has 0 bridgehead atoms. The number of hydrogen-bond donors (Lipinski definition) is 1. The molecule has 0 spiro atoms. The molecule has 0 aliphatic carbocycles. The number of nitrogens with one attached hydrogen (secondary N) is 1. The van der Waals surface area contributed by atoms with Gasteiger partial charge in [0.15, 0.2) is 6.79 Å². The fourth-order valence-corrected chi connectivity index (χ4v) is 1.64. The van der Waals surface area contributed by atoms with E-state index in [4.69, 9.17) is 14.2 Å². The third-order valence-corrected chi connectivity index (χ3v) is 2.58. The molecule has 1 aromatic rings. The summed E-state index contributed by atoms with van der Waals surface area (Å²) in [5.41, 5.74) is 2.27. The molecule has 0 fully saturated rings. The number of aryl methyl sites for hydroxylation is 1. The molecule has 0 amide bonds. The van der Waals surface area contributed by atoms with Crippen LogP contribution in [0, 0.1) is 6.92 Å². The highest BCUT2D eigenvalue weighted by molar-refractivity contribution is 5.40. The fourth-order valence-electron chi connectivity index (χ4n) is 1.64. The number of para-hydroxylation sites is 1. The minimum atomic E-state index is 0.298. The predicted molar refractivity (Wildman–Crippen MR) is 71.9 cm³/mol. The molecule has 0 unspecified atom stereocenters. The van der Waals surface area contributed by atoms with E-state index in [-0.39, 0.29) is 0 Å². The largest absolute Gasteiger partial charge is 0.467 e. The maximum absolute atomic E-state index is 5.67. The zero-order valence-electron chi connectivity index (χ0n) is 11.5. The molecule has 4 heteroatoms. The lowest BCUT2D eigenvalue weighted by molar-refractivity contribution is 0.0213. The Hall–Kier alpha value is -1.10. The van der Waals surface area contributed by atoms with Gasteiger partial charge < -0.3 is 19.5 Å². The van der Waals surface area contributed by atoms with Crippen LogP contribution in [0.1, 0.15) is 18.1 Å². The zero-order valence-corrected chi connectivity index (χ0v) is 11.5. The summed E-state index contributed by atoms with van der Waals surface area (Å²) in [5, 5.41) is 3.31. The number of hydrogen-bond acceptors (Lipinski definition) is 4. The first-order chi connectivity index (χ1) is 8.79. The smallest absolute Gasteiger partial charge is 0.189 e. The highest BCUT2D eigenvalue weighted by Crippen LogP contribution is 2.23. The molecule has 0 aliphatic rings. The SMILES string of the molecule is CCOCOc1c(C)cccc1CNCCOC. The second-order valence-corrected chi connectivity index (χ2v) is 3.99. The van der Waals surface area contributed by atoms with Crippen LogP contribution >= 0.6 is 0 Å². The van der Waals surface area contributed by atoms with Crippen LogP contribution in [0.25, 0.3) is 0 Å². The van der Waals surface area contributed by atoms with Gasteiger partial charge in [-0.1, -0.05) is 18.2 Å². The minimum absolute atomic E-state index is 0.298. The number of ether oxygens (including phenoxy) is 3. The summed E-state index contributed by atoms with van der Waals surface area (Å²) in [6.45, 7) is 7.26. The third kappa shape index (κ3) is 5.04. The summed E-state index contributed by atoms with van der Waals surface area (Å²) in [6.07, 6.45) is 0. The van der Waals surface area contributed by atoms with E-state index in [1.165, 1.54) is 0 Å². The number of rotatable bonds is 9. The Balaban J connectivity index is 2.56. The Kier molecular flexibility index (Phi) is 7.41. The molecule has 1 rings (SSSR count). The standard InChI is InChI=1S/C14H23NO3/c1-4-17-11-18-14-12(2)6-5-7-13(14)10-15-8-9-16-3/h5-7,15H,4,8-11H2,1-3H3. The molecule has 102 valence electrons. The van der Waals surface area contributed by atoms with Gasteiger partial charge in [-0.15, -0.1) is 0 Å². The quantitative estimate of drug-likeness (QED) is 0.540. The van der Waals surface area contributed by atoms with Gasteiger partial charge in [-0.2, -0.15) is 0 Å². The molecule has 0 aromatic heterocycles. The van der Waals surface area contributed by atoms with Crippen LogP contribution in [-0.4, -0.2) is 33.7 Å². The molecule has 18 heavy (non-hydrogen) atoms. The van der Waals surface area contributed by atoms with E-state index >= 15 is 0 Å². The predicted octanol–water partition coefficient (Wildman–Crippen LogP) is 2.10. The van der Waals surface area contributed by atoms with E-state index in [0.717, 1.165) is 30.0 Å². The lowest BCUT2D eigenvalue weighted by Gasteiger charge is -2.14. The summed E-state index contributed by atoms with van der Waals surface area (Å²) in [7, 11) is 1.70. The Labute approximate surface area is 109 Å². The topological polar surface area (TPSA) is 39.7 Å². The summed E-state index contributed by atoms with van der Waals surface area (Å²) in [4.78, 5) is 0. The lowest BCUT2D eigenvalue weighted by atomic mass is 10.1. The summed E-state index contributed by atoms with van der Waals surface area (Å²) < 4.78 is 15.9. The van der Waals surface area contributed by atoms with Gasteiger partial charge in [-0.05, 0) is 19.4 Å². The Morgan fingerprint density at radius 3 is 2.83 bits per heavy atom. The molecule has 1 N–H and O–H groups in total. The summed E-state index contributed by atoms with van der Waals surface area (Å²) in [5.74, 6) is 0.913. The molecule has 0 saturated carbocycles. The molecular weight excluding hydrogens is 230 g/mol. The van der Waals surface area contributed by atoms with Crippen molar-refractivity contribution in [3.8, 4) is 5.75 Å². The number of methoxy groups -OCH3 is 1. The van der Waals surface area contributed by atoms with Gasteiger partial charge in [-0.3, -0.25) is 0 Å². The minimum Gasteiger partial charge on any atom is -0.467 e. The van der Waals surface area contributed by atoms with Gasteiger partial charge in [0, 0.05) is 32.4 Å². The van der Waals surface area contributed by atoms with Crippen molar-refractivity contribution in [1.29, 1.82) is 0 Å². The van der Waals surface area contributed by atoms with E-state index in [1.807, 2.05) is 26.0 Å². The summed E-state index contributed by atoms with van der Waals surface area (Å²) in [6, 6.07) is 6.14. The average molecular weight is 253 g/mol. The van der Waals surface area contributed by atoms with Crippen molar-refractivity contribution in [1.82, 2.24) is 5.32 Å². The van der Waals surface area contributed by atoms with Gasteiger partial charge in [0.25, 0.3) is 0 Å². The second-order valence-electron chi connectivity index (χ2n) is 3.99. The number of benzene rings is 1. The van der Waals surface area contributed by atoms with E-state index in [2.05, 4.69) is 11.4 Å². The van der Waals surface area contributed by atoms with E-state index in [1.54, 1.807) is 7.11 Å². The van der Waals surface area contributed by atoms with Gasteiger partial charge in [0.1, 0.15) is 5.75 Å². The van der Waals surface area contributed by atoms with E-state index < -0.39 is 0 Å². The molecule has 1 aromatic carbocycles. The third-order valence-electron chi connectivity index (χ3n) is 2.58. The molecule has 0 aliphatic heterocycles. The molecule has 0 atom stereocenters. The average Bonchev–Trinajstić information content (AvgIpc) is 2.37. The first kappa shape index (κ1) is 15.0. The van der Waals surface area contributed by atoms with Gasteiger partial charge in [0.2, 0.25) is 0 Å². The van der Waals surface area contributed by atoms with E-state index in [0.29, 0.717) is 20.0 Å². The first-order valence-corrected chi connectivity index (χ1v) is 6.28. The molecule has 0 saturated heterocycles. The van der Waals surface area contributed by atoms with Crippen LogP contribution in [0.4, 0.5) is 0 Å². The molecule has 0 heterocycles. The second kappa shape index (κ2) is 8.91. The van der Waals surface area contributed by atoms with Crippen molar-refractivity contribution >= 4 is 0 Å². The van der Waals surface area contributed by atoms with Crippen molar-refractivity contribution in [2.75, 3.05) is 33.7 Å². The maximum atomic E-state index is 5.67. The van der Waals surface area contributed by atoms with E-state index in [9.17, 15) is 0 Å². The Morgan fingerprint density at radius 1 is 1.28 bits per heavy atom. The van der Waals surface area contributed by atoms with Crippen LogP contribution in [0.15, 0.2) is 18.2 Å². The van der Waals surface area contributed by atoms with Crippen LogP contribution < -0.4 is 10.1 Å². The van der Waals surface area contributed by atoms with Crippen molar-refractivity contribution < 1.29 is 14.2 Å². The Morgan fingerprint density at radius 2 is 2.11 bits per heavy atom. The fraction of sp³-hybridized carbons (Fsp3) is 0.571. The van der Waals surface area contributed by atoms with Crippen LogP contribution in [0.2, 0.25) is 0 Å². The van der Waals surface area contributed by atoms with Crippen LogP contribution in [0.3, 0.4) is 0 Å². The highest BCUT2D eigenvalue weighted by atomic mass is 16.7. The van der Waals surface area contributed by atoms with Gasteiger partial charge >= 0.3 is 0 Å². The maximum Gasteiger partial charge on any atom is 0.189 e. The van der Waals surface area contributed by atoms with Crippen LogP contribution in [0.5, 0.6) is 5.75 Å². The van der Waals surface area contributed by atoms with Crippen molar-refractivity contribution in [3.05, 3.63) is 29.3 Å². The lowest BCUT2D eigenvalue weighted by Crippen LogP contribution is -2.19. The van der Waals surface area contributed by atoms with Gasteiger partial charge in [-0.25, -0.2) is 0 Å². The van der Waals surface area contributed by atoms with Crippen LogP contribution in [-0.2, 0) is 16.0 Å². The highest BCUT2D eigenvalue weighted by Gasteiger charge is 2.06. The zero-order chi connectivity index (χ0) is 13.2. The van der Waals surface area contributed by atoms with Crippen molar-refractivity contribution in [2.24, 2.45) is 0 Å². The van der Waals surface area contributed by atoms with Crippen molar-refractivity contribution in [3.63, 3.8) is 0 Å². The van der Waals surface area contributed by atoms with Gasteiger partial charge in [0.05, 0.1) is 6.61 Å². The molecular formula is C14H23NO3. The molecule has 0 radical (unpaired) electrons. The Bertz CT molecular complexity index is 342. The normalized spacial score (nSPS) is 10.6. The monoisotopic (exact) mass is 253 g/mol.